The number of hydrogen-bond donors (Lipinski definition) is 1. The summed E-state index contributed by atoms with van der Waals surface area (Å²) in [5.74, 6) is -0.655. The summed E-state index contributed by atoms with van der Waals surface area (Å²) < 4.78 is 40.3. The Morgan fingerprint density at radius 2 is 2.10 bits per heavy atom. The summed E-state index contributed by atoms with van der Waals surface area (Å²) in [6.45, 7) is 3.83. The first-order chi connectivity index (χ1) is 9.21. The molecule has 0 unspecified atom stereocenters. The van der Waals surface area contributed by atoms with E-state index >= 15 is 0 Å². The second kappa shape index (κ2) is 6.23. The highest BCUT2D eigenvalue weighted by Crippen LogP contribution is 2.34. The number of nitrogens with zero attached hydrogens (tertiary/aromatic N) is 3. The lowest BCUT2D eigenvalue weighted by Gasteiger charge is -2.18. The molecule has 2 rings (SSSR count). The Morgan fingerprint density at radius 1 is 1.48 bits per heavy atom. The van der Waals surface area contributed by atoms with Gasteiger partial charge in [-0.2, -0.15) is 18.3 Å². The topological polar surface area (TPSA) is 64.2 Å². The fourth-order valence-corrected chi connectivity index (χ4v) is 2.33. The van der Waals surface area contributed by atoms with E-state index in [9.17, 15) is 18.0 Å². The molecule has 120 valence electrons. The lowest BCUT2D eigenvalue weighted by atomic mass is 10.2. The molecule has 5 nitrogen and oxygen atoms in total. The molecule has 2 heterocycles. The molecule has 1 aromatic rings. The minimum atomic E-state index is -4.62. The Kier molecular flexibility index (Phi) is 5.27. The highest BCUT2D eigenvalue weighted by molar-refractivity contribution is 5.95. The lowest BCUT2D eigenvalue weighted by Crippen LogP contribution is -2.33. The van der Waals surface area contributed by atoms with Crippen LogP contribution in [-0.2, 0) is 6.18 Å². The molecule has 1 atom stereocenters. The van der Waals surface area contributed by atoms with Gasteiger partial charge in [-0.25, -0.2) is 0 Å². The summed E-state index contributed by atoms with van der Waals surface area (Å²) in [5.41, 5.74) is 4.29. The standard InChI is InChI=1S/C12H17F3N4O.ClH/c1-7(2)19-10(12(13,14)15)9(5-17-19)11(20)18-4-3-8(16)6-18;/h5,7-8H,3-4,6,16H2,1-2H3;1H/t8-;/m1./s1. The van der Waals surface area contributed by atoms with E-state index in [4.69, 9.17) is 5.73 Å². The lowest BCUT2D eigenvalue weighted by molar-refractivity contribution is -0.145. The number of hydrogen-bond acceptors (Lipinski definition) is 3. The second-order valence-electron chi connectivity index (χ2n) is 5.24. The third-order valence-electron chi connectivity index (χ3n) is 3.30. The van der Waals surface area contributed by atoms with Crippen LogP contribution < -0.4 is 5.73 Å². The van der Waals surface area contributed by atoms with Gasteiger partial charge in [-0.05, 0) is 20.3 Å². The average Bonchev–Trinajstić information content (AvgIpc) is 2.92. The van der Waals surface area contributed by atoms with Gasteiger partial charge in [-0.1, -0.05) is 0 Å². The summed E-state index contributed by atoms with van der Waals surface area (Å²) >= 11 is 0. The Morgan fingerprint density at radius 3 is 2.52 bits per heavy atom. The zero-order valence-electron chi connectivity index (χ0n) is 11.7. The zero-order valence-corrected chi connectivity index (χ0v) is 12.5. The molecule has 1 fully saturated rings. The number of halogens is 4. The minimum absolute atomic E-state index is 0. The summed E-state index contributed by atoms with van der Waals surface area (Å²) in [7, 11) is 0. The van der Waals surface area contributed by atoms with Gasteiger partial charge in [0.15, 0.2) is 5.69 Å². The molecule has 0 bridgehead atoms. The summed E-state index contributed by atoms with van der Waals surface area (Å²) in [4.78, 5) is 13.6. The van der Waals surface area contributed by atoms with Crippen molar-refractivity contribution in [3.63, 3.8) is 0 Å². The van der Waals surface area contributed by atoms with E-state index in [-0.39, 0.29) is 25.0 Å². The fourth-order valence-electron chi connectivity index (χ4n) is 2.33. The van der Waals surface area contributed by atoms with E-state index in [1.165, 1.54) is 4.90 Å². The summed E-state index contributed by atoms with van der Waals surface area (Å²) in [6, 6.07) is -0.651. The molecule has 0 spiro atoms. The normalized spacial score (nSPS) is 19.0. The van der Waals surface area contributed by atoms with Gasteiger partial charge in [-0.15, -0.1) is 12.4 Å². The predicted octanol–water partition coefficient (Wildman–Crippen LogP) is 2.08. The van der Waals surface area contributed by atoms with E-state index in [1.54, 1.807) is 13.8 Å². The summed E-state index contributed by atoms with van der Waals surface area (Å²) in [6.07, 6.45) is -3.02. The average molecular weight is 327 g/mol. The first-order valence-electron chi connectivity index (χ1n) is 6.41. The largest absolute Gasteiger partial charge is 0.433 e. The molecule has 2 N–H and O–H groups in total. The molecule has 1 aliphatic rings. The van der Waals surface area contributed by atoms with Gasteiger partial charge in [0.05, 0.1) is 11.8 Å². The molecule has 1 aromatic heterocycles. The van der Waals surface area contributed by atoms with E-state index < -0.39 is 29.4 Å². The smallest absolute Gasteiger partial charge is 0.337 e. The van der Waals surface area contributed by atoms with E-state index in [0.717, 1.165) is 10.9 Å². The van der Waals surface area contributed by atoms with Crippen LogP contribution in [0, 0.1) is 0 Å². The Hall–Kier alpha value is -1.28. The van der Waals surface area contributed by atoms with Crippen LogP contribution in [-0.4, -0.2) is 39.7 Å². The van der Waals surface area contributed by atoms with Crippen LogP contribution >= 0.6 is 12.4 Å². The third kappa shape index (κ3) is 3.49. The van der Waals surface area contributed by atoms with Gasteiger partial charge in [0.2, 0.25) is 0 Å². The van der Waals surface area contributed by atoms with Gasteiger partial charge in [0.25, 0.3) is 5.91 Å². The third-order valence-corrected chi connectivity index (χ3v) is 3.30. The molecule has 21 heavy (non-hydrogen) atoms. The van der Waals surface area contributed by atoms with Crippen molar-refractivity contribution in [2.24, 2.45) is 5.73 Å². The first kappa shape index (κ1) is 17.8. The van der Waals surface area contributed by atoms with Crippen molar-refractivity contribution in [1.29, 1.82) is 0 Å². The van der Waals surface area contributed by atoms with Crippen LogP contribution in [0.1, 0.15) is 42.4 Å². The SMILES string of the molecule is CC(C)n1ncc(C(=O)N2CC[C@@H](N)C2)c1C(F)(F)F.Cl. The molecule has 0 aliphatic carbocycles. The van der Waals surface area contributed by atoms with Crippen molar-refractivity contribution in [2.45, 2.75) is 38.5 Å². The van der Waals surface area contributed by atoms with Gasteiger partial charge in [-0.3, -0.25) is 9.48 Å². The second-order valence-corrected chi connectivity index (χ2v) is 5.24. The van der Waals surface area contributed by atoms with Crippen molar-refractivity contribution < 1.29 is 18.0 Å². The number of alkyl halides is 3. The molecular weight excluding hydrogens is 309 g/mol. The van der Waals surface area contributed by atoms with Crippen LogP contribution in [0.5, 0.6) is 0 Å². The van der Waals surface area contributed by atoms with E-state index in [2.05, 4.69) is 5.10 Å². The Balaban J connectivity index is 0.00000220. The number of carbonyl (C=O) groups is 1. The maximum Gasteiger partial charge on any atom is 0.433 e. The number of rotatable bonds is 2. The molecule has 0 radical (unpaired) electrons. The fraction of sp³-hybridized carbons (Fsp3) is 0.667. The first-order valence-corrected chi connectivity index (χ1v) is 6.41. The van der Waals surface area contributed by atoms with E-state index in [0.29, 0.717) is 13.0 Å². The minimum Gasteiger partial charge on any atom is -0.337 e. The van der Waals surface area contributed by atoms with Crippen molar-refractivity contribution in [3.8, 4) is 0 Å². The van der Waals surface area contributed by atoms with Crippen LogP contribution in [0.25, 0.3) is 0 Å². The number of aromatic nitrogens is 2. The van der Waals surface area contributed by atoms with Crippen LogP contribution in [0.3, 0.4) is 0 Å². The molecule has 1 amide bonds. The van der Waals surface area contributed by atoms with Crippen LogP contribution in [0.15, 0.2) is 6.20 Å². The number of nitrogens with two attached hydrogens (primary N) is 1. The molecule has 1 aliphatic heterocycles. The van der Waals surface area contributed by atoms with Gasteiger partial charge >= 0.3 is 6.18 Å². The quantitative estimate of drug-likeness (QED) is 0.905. The maximum absolute atomic E-state index is 13.2. The van der Waals surface area contributed by atoms with Crippen molar-refractivity contribution in [2.75, 3.05) is 13.1 Å². The highest BCUT2D eigenvalue weighted by Gasteiger charge is 2.42. The van der Waals surface area contributed by atoms with Gasteiger partial charge in [0, 0.05) is 25.2 Å². The molecule has 9 heteroatoms. The zero-order chi connectivity index (χ0) is 15.1. The van der Waals surface area contributed by atoms with Gasteiger partial charge < -0.3 is 10.6 Å². The monoisotopic (exact) mass is 326 g/mol. The summed E-state index contributed by atoms with van der Waals surface area (Å²) in [5, 5.41) is 3.71. The maximum atomic E-state index is 13.2. The number of amides is 1. The predicted molar refractivity (Wildman–Crippen MR) is 73.4 cm³/mol. The number of likely N-dealkylation sites (tertiary alicyclic amines) is 1. The highest BCUT2D eigenvalue weighted by atomic mass is 35.5. The van der Waals surface area contributed by atoms with Crippen molar-refractivity contribution in [1.82, 2.24) is 14.7 Å². The molecule has 1 saturated heterocycles. The Bertz CT molecular complexity index is 515. The van der Waals surface area contributed by atoms with Crippen molar-refractivity contribution in [3.05, 3.63) is 17.5 Å². The number of carbonyl (C=O) groups excluding carboxylic acids is 1. The van der Waals surface area contributed by atoms with Crippen LogP contribution in [0.2, 0.25) is 0 Å². The van der Waals surface area contributed by atoms with E-state index in [1.807, 2.05) is 0 Å². The molecule has 0 saturated carbocycles. The van der Waals surface area contributed by atoms with Crippen LogP contribution in [0.4, 0.5) is 13.2 Å². The molecule has 0 aromatic carbocycles. The van der Waals surface area contributed by atoms with Gasteiger partial charge in [0.1, 0.15) is 0 Å². The Labute approximate surface area is 126 Å². The molecular formula is C12H18ClF3N4O. The van der Waals surface area contributed by atoms with Crippen molar-refractivity contribution >= 4 is 18.3 Å².